The van der Waals surface area contributed by atoms with E-state index in [1.165, 1.54) is 0 Å². The molecular weight excluding hydrogens is 291 g/mol. The topological polar surface area (TPSA) is 101 Å². The van der Waals surface area contributed by atoms with Crippen molar-refractivity contribution in [2.24, 2.45) is 11.7 Å². The summed E-state index contributed by atoms with van der Waals surface area (Å²) in [5.74, 6) is -4.10. The molecule has 106 valence electrons. The molecule has 2 amide bonds. The summed E-state index contributed by atoms with van der Waals surface area (Å²) in [5, 5.41) is 8.87. The Labute approximate surface area is 117 Å². The number of carboxylic acids is 1. The first-order valence-electron chi connectivity index (χ1n) is 5.63. The first kappa shape index (κ1) is 14.3. The fourth-order valence-electron chi connectivity index (χ4n) is 2.12. The number of benzene rings is 1. The lowest BCUT2D eigenvalue weighted by Crippen LogP contribution is -2.29. The van der Waals surface area contributed by atoms with Gasteiger partial charge in [-0.1, -0.05) is 11.6 Å². The second-order valence-electron chi connectivity index (χ2n) is 4.40. The van der Waals surface area contributed by atoms with Gasteiger partial charge in [-0.05, 0) is 12.1 Å². The second-order valence-corrected chi connectivity index (χ2v) is 4.80. The number of hydrogen-bond donors (Lipinski definition) is 2. The van der Waals surface area contributed by atoms with Crippen molar-refractivity contribution in [2.45, 2.75) is 6.42 Å². The minimum atomic E-state index is -1.42. The van der Waals surface area contributed by atoms with Crippen LogP contribution in [0.25, 0.3) is 0 Å². The van der Waals surface area contributed by atoms with Crippen LogP contribution in [-0.2, 0) is 9.59 Å². The van der Waals surface area contributed by atoms with Crippen LogP contribution >= 0.6 is 11.6 Å². The number of nitrogens with two attached hydrogens (primary N) is 1. The third-order valence-corrected chi connectivity index (χ3v) is 3.34. The molecule has 1 unspecified atom stereocenters. The SMILES string of the molecule is NC(=O)C1CC(=O)N(c2c(Cl)cc(F)cc2C(=O)O)C1. The van der Waals surface area contributed by atoms with E-state index in [1.807, 2.05) is 0 Å². The molecule has 1 saturated heterocycles. The zero-order chi connectivity index (χ0) is 15.0. The van der Waals surface area contributed by atoms with Crippen molar-refractivity contribution in [2.75, 3.05) is 11.4 Å². The molecule has 1 aliphatic heterocycles. The highest BCUT2D eigenvalue weighted by atomic mass is 35.5. The summed E-state index contributed by atoms with van der Waals surface area (Å²) < 4.78 is 13.2. The van der Waals surface area contributed by atoms with Gasteiger partial charge in [-0.25, -0.2) is 9.18 Å². The van der Waals surface area contributed by atoms with Crippen molar-refractivity contribution in [3.63, 3.8) is 0 Å². The average Bonchev–Trinajstić information content (AvgIpc) is 2.70. The molecule has 2 rings (SSSR count). The van der Waals surface area contributed by atoms with E-state index in [-0.39, 0.29) is 23.7 Å². The molecule has 20 heavy (non-hydrogen) atoms. The zero-order valence-corrected chi connectivity index (χ0v) is 10.9. The molecule has 0 radical (unpaired) electrons. The van der Waals surface area contributed by atoms with E-state index in [9.17, 15) is 18.8 Å². The molecule has 1 atom stereocenters. The molecule has 6 nitrogen and oxygen atoms in total. The maximum absolute atomic E-state index is 13.2. The number of amides is 2. The molecule has 0 saturated carbocycles. The number of aromatic carboxylic acids is 1. The van der Waals surface area contributed by atoms with Crippen molar-refractivity contribution < 1.29 is 23.9 Å². The minimum Gasteiger partial charge on any atom is -0.478 e. The van der Waals surface area contributed by atoms with Gasteiger partial charge in [0.2, 0.25) is 11.8 Å². The van der Waals surface area contributed by atoms with E-state index in [4.69, 9.17) is 22.4 Å². The summed E-state index contributed by atoms with van der Waals surface area (Å²) in [6, 6.07) is 1.68. The van der Waals surface area contributed by atoms with Gasteiger partial charge < -0.3 is 15.7 Å². The number of carbonyl (C=O) groups excluding carboxylic acids is 2. The highest BCUT2D eigenvalue weighted by Crippen LogP contribution is 2.35. The molecule has 0 aliphatic carbocycles. The van der Waals surface area contributed by atoms with Crippen molar-refractivity contribution in [3.05, 3.63) is 28.5 Å². The van der Waals surface area contributed by atoms with Gasteiger partial charge in [0, 0.05) is 13.0 Å². The molecule has 8 heteroatoms. The predicted octanol–water partition coefficient (Wildman–Crippen LogP) is 1.02. The molecule has 0 bridgehead atoms. The Morgan fingerprint density at radius 3 is 2.60 bits per heavy atom. The Bertz CT molecular complexity index is 620. The first-order valence-corrected chi connectivity index (χ1v) is 6.01. The van der Waals surface area contributed by atoms with Gasteiger partial charge in [0.25, 0.3) is 0 Å². The number of carbonyl (C=O) groups is 3. The fraction of sp³-hybridized carbons (Fsp3) is 0.250. The fourth-order valence-corrected chi connectivity index (χ4v) is 2.43. The maximum atomic E-state index is 13.2. The van der Waals surface area contributed by atoms with Crippen LogP contribution in [0, 0.1) is 11.7 Å². The lowest BCUT2D eigenvalue weighted by Gasteiger charge is -2.20. The van der Waals surface area contributed by atoms with Crippen LogP contribution in [0.2, 0.25) is 5.02 Å². The standard InChI is InChI=1S/C12H10ClFN2O4/c13-8-3-6(14)2-7(12(19)20)10(8)16-4-5(11(15)18)1-9(16)17/h2-3,5H,1,4H2,(H2,15,18)(H,19,20). The summed E-state index contributed by atoms with van der Waals surface area (Å²) in [7, 11) is 0. The summed E-state index contributed by atoms with van der Waals surface area (Å²) in [4.78, 5) is 35.2. The molecule has 1 fully saturated rings. The summed E-state index contributed by atoms with van der Waals surface area (Å²) in [5.41, 5.74) is 4.58. The molecule has 1 aliphatic rings. The van der Waals surface area contributed by atoms with Gasteiger partial charge >= 0.3 is 5.97 Å². The number of nitrogens with zero attached hydrogens (tertiary/aromatic N) is 1. The number of primary amides is 1. The predicted molar refractivity (Wildman–Crippen MR) is 68.0 cm³/mol. The van der Waals surface area contributed by atoms with Crippen molar-refractivity contribution in [1.29, 1.82) is 0 Å². The Hall–Kier alpha value is -2.15. The van der Waals surface area contributed by atoms with E-state index in [0.717, 1.165) is 17.0 Å². The van der Waals surface area contributed by atoms with Gasteiger partial charge in [0.05, 0.1) is 22.2 Å². The van der Waals surface area contributed by atoms with Crippen molar-refractivity contribution in [1.82, 2.24) is 0 Å². The highest BCUT2D eigenvalue weighted by Gasteiger charge is 2.36. The molecule has 3 N–H and O–H groups in total. The summed E-state index contributed by atoms with van der Waals surface area (Å²) in [6.45, 7) is -0.0696. The van der Waals surface area contributed by atoms with Crippen LogP contribution in [-0.4, -0.2) is 29.4 Å². The van der Waals surface area contributed by atoms with Crippen LogP contribution in [0.3, 0.4) is 0 Å². The normalized spacial score (nSPS) is 18.4. The minimum absolute atomic E-state index is 0.0696. The Morgan fingerprint density at radius 1 is 1.45 bits per heavy atom. The second kappa shape index (κ2) is 5.09. The van der Waals surface area contributed by atoms with E-state index < -0.39 is 35.1 Å². The Balaban J connectivity index is 2.50. The van der Waals surface area contributed by atoms with Crippen molar-refractivity contribution >= 4 is 35.1 Å². The van der Waals surface area contributed by atoms with Gasteiger partial charge in [-0.2, -0.15) is 0 Å². The maximum Gasteiger partial charge on any atom is 0.337 e. The van der Waals surface area contributed by atoms with E-state index in [1.54, 1.807) is 0 Å². The summed E-state index contributed by atoms with van der Waals surface area (Å²) >= 11 is 5.84. The van der Waals surface area contributed by atoms with Gasteiger partial charge in [0.1, 0.15) is 5.82 Å². The lowest BCUT2D eigenvalue weighted by atomic mass is 10.1. The van der Waals surface area contributed by atoms with Crippen molar-refractivity contribution in [3.8, 4) is 0 Å². The first-order chi connectivity index (χ1) is 9.31. The molecule has 1 aromatic rings. The molecule has 0 spiro atoms. The quantitative estimate of drug-likeness (QED) is 0.870. The largest absolute Gasteiger partial charge is 0.478 e. The molecule has 0 aromatic heterocycles. The third kappa shape index (κ3) is 2.44. The number of rotatable bonds is 3. The monoisotopic (exact) mass is 300 g/mol. The Morgan fingerprint density at radius 2 is 2.10 bits per heavy atom. The Kier molecular flexibility index (Phi) is 3.63. The van der Waals surface area contributed by atoms with Crippen LogP contribution in [0.15, 0.2) is 12.1 Å². The van der Waals surface area contributed by atoms with Gasteiger partial charge in [-0.15, -0.1) is 0 Å². The number of carboxylic acid groups (broad SMARTS) is 1. The van der Waals surface area contributed by atoms with Crippen LogP contribution < -0.4 is 10.6 Å². The number of anilines is 1. The summed E-state index contributed by atoms with van der Waals surface area (Å²) in [6.07, 6.45) is -0.123. The smallest absolute Gasteiger partial charge is 0.337 e. The van der Waals surface area contributed by atoms with Crippen LogP contribution in [0.1, 0.15) is 16.8 Å². The van der Waals surface area contributed by atoms with E-state index >= 15 is 0 Å². The number of halogens is 2. The third-order valence-electron chi connectivity index (χ3n) is 3.06. The van der Waals surface area contributed by atoms with Gasteiger partial charge in [0.15, 0.2) is 0 Å². The van der Waals surface area contributed by atoms with E-state index in [0.29, 0.717) is 0 Å². The lowest BCUT2D eigenvalue weighted by molar-refractivity contribution is -0.123. The highest BCUT2D eigenvalue weighted by molar-refractivity contribution is 6.35. The van der Waals surface area contributed by atoms with Gasteiger partial charge in [-0.3, -0.25) is 9.59 Å². The van der Waals surface area contributed by atoms with Crippen LogP contribution in [0.4, 0.5) is 10.1 Å². The van der Waals surface area contributed by atoms with E-state index in [2.05, 4.69) is 0 Å². The molecule has 1 heterocycles. The molecular formula is C12H10ClFN2O4. The van der Waals surface area contributed by atoms with Crippen LogP contribution in [0.5, 0.6) is 0 Å². The average molecular weight is 301 g/mol. The zero-order valence-electron chi connectivity index (χ0n) is 10.1. The number of hydrogen-bond acceptors (Lipinski definition) is 3. The molecule has 1 aromatic carbocycles.